The zero-order valence-corrected chi connectivity index (χ0v) is 15.0. The summed E-state index contributed by atoms with van der Waals surface area (Å²) in [5.74, 6) is 0.226. The molecule has 1 heterocycles. The summed E-state index contributed by atoms with van der Waals surface area (Å²) in [6, 6.07) is 14.2. The van der Waals surface area contributed by atoms with E-state index in [0.717, 1.165) is 15.0 Å². The third kappa shape index (κ3) is 3.39. The lowest BCUT2D eigenvalue weighted by Gasteiger charge is -2.06. The second kappa shape index (κ2) is 7.30. The van der Waals surface area contributed by atoms with Crippen LogP contribution in [0.3, 0.4) is 0 Å². The molecule has 0 aliphatic carbocycles. The average Bonchev–Trinajstić information content (AvgIpc) is 3.06. The highest BCUT2D eigenvalue weighted by molar-refractivity contribution is 7.20. The van der Waals surface area contributed by atoms with Crippen molar-refractivity contribution in [2.75, 3.05) is 14.2 Å². The zero-order valence-electron chi connectivity index (χ0n) is 14.1. The molecule has 26 heavy (non-hydrogen) atoms. The van der Waals surface area contributed by atoms with Crippen LogP contribution < -0.4 is 9.47 Å². The molecule has 0 spiro atoms. The largest absolute Gasteiger partial charge is 0.493 e. The molecule has 0 atom stereocenters. The Morgan fingerprint density at radius 1 is 1.12 bits per heavy atom. The van der Waals surface area contributed by atoms with Gasteiger partial charge in [-0.05, 0) is 41.3 Å². The Balaban J connectivity index is 2.07. The molecule has 0 saturated carbocycles. The first kappa shape index (κ1) is 17.5. The van der Waals surface area contributed by atoms with E-state index in [4.69, 9.17) is 14.7 Å². The number of ether oxygens (including phenoxy) is 2. The number of nitrogens with zero attached hydrogens (tertiary/aromatic N) is 1. The lowest BCUT2D eigenvalue weighted by atomic mass is 10.0. The van der Waals surface area contributed by atoms with Gasteiger partial charge in [-0.3, -0.25) is 0 Å². The molecule has 0 fully saturated rings. The van der Waals surface area contributed by atoms with Gasteiger partial charge in [-0.25, -0.2) is 4.79 Å². The summed E-state index contributed by atoms with van der Waals surface area (Å²) in [6.07, 6.45) is 1.63. The van der Waals surface area contributed by atoms with Crippen LogP contribution in [-0.2, 0) is 4.79 Å². The number of hydrogen-bond donors (Lipinski definition) is 1. The molecule has 6 heteroatoms. The third-order valence-corrected chi connectivity index (χ3v) is 4.93. The Morgan fingerprint density at radius 2 is 1.77 bits per heavy atom. The number of carboxylic acids is 1. The van der Waals surface area contributed by atoms with Crippen molar-refractivity contribution in [3.05, 3.63) is 58.5 Å². The van der Waals surface area contributed by atoms with Crippen molar-refractivity contribution in [1.82, 2.24) is 0 Å². The van der Waals surface area contributed by atoms with Gasteiger partial charge in [0, 0.05) is 15.6 Å². The van der Waals surface area contributed by atoms with Gasteiger partial charge in [-0.1, -0.05) is 12.1 Å². The van der Waals surface area contributed by atoms with Crippen LogP contribution in [0.5, 0.6) is 11.5 Å². The highest BCUT2D eigenvalue weighted by atomic mass is 32.1. The summed E-state index contributed by atoms with van der Waals surface area (Å²) in [7, 11) is 3.15. The van der Waals surface area contributed by atoms with Crippen molar-refractivity contribution in [1.29, 1.82) is 5.26 Å². The van der Waals surface area contributed by atoms with Crippen LogP contribution in [0.1, 0.15) is 16.0 Å². The van der Waals surface area contributed by atoms with Crippen molar-refractivity contribution in [2.45, 2.75) is 0 Å². The van der Waals surface area contributed by atoms with E-state index in [0.29, 0.717) is 22.6 Å². The Morgan fingerprint density at radius 3 is 2.35 bits per heavy atom. The maximum absolute atomic E-state index is 11.7. The number of rotatable bonds is 5. The predicted molar refractivity (Wildman–Crippen MR) is 102 cm³/mol. The van der Waals surface area contributed by atoms with Crippen LogP contribution in [0.25, 0.3) is 21.7 Å². The number of fused-ring (bicyclic) bond motifs is 1. The third-order valence-electron chi connectivity index (χ3n) is 3.88. The molecule has 0 radical (unpaired) electrons. The number of carboxylic acid groups (broad SMARTS) is 1. The normalized spacial score (nSPS) is 11.2. The van der Waals surface area contributed by atoms with E-state index in [1.54, 1.807) is 44.6 Å². The molecule has 0 unspecified atom stereocenters. The molecule has 1 N–H and O–H groups in total. The fourth-order valence-corrected chi connectivity index (χ4v) is 3.61. The van der Waals surface area contributed by atoms with Gasteiger partial charge in [0.15, 0.2) is 11.5 Å². The molecule has 0 bridgehead atoms. The molecule has 0 saturated heterocycles. The number of methoxy groups -OCH3 is 2. The lowest BCUT2D eigenvalue weighted by Crippen LogP contribution is -1.99. The van der Waals surface area contributed by atoms with E-state index in [-0.39, 0.29) is 5.57 Å². The zero-order chi connectivity index (χ0) is 18.7. The van der Waals surface area contributed by atoms with Gasteiger partial charge in [0.1, 0.15) is 0 Å². The monoisotopic (exact) mass is 365 g/mol. The van der Waals surface area contributed by atoms with Gasteiger partial charge in [-0.2, -0.15) is 5.26 Å². The Labute approximate surface area is 154 Å². The fourth-order valence-electron chi connectivity index (χ4n) is 2.59. The predicted octanol–water partition coefficient (Wildman–Crippen LogP) is 4.42. The molecule has 0 amide bonds. The Bertz CT molecular complexity index is 1000. The first-order valence-corrected chi connectivity index (χ1v) is 8.48. The fraction of sp³-hybridized carbons (Fsp3) is 0.100. The second-order valence-electron chi connectivity index (χ2n) is 5.45. The highest BCUT2D eigenvalue weighted by Crippen LogP contribution is 2.37. The van der Waals surface area contributed by atoms with Gasteiger partial charge in [0.05, 0.1) is 31.4 Å². The topological polar surface area (TPSA) is 79.5 Å². The van der Waals surface area contributed by atoms with Gasteiger partial charge < -0.3 is 14.6 Å². The summed E-state index contributed by atoms with van der Waals surface area (Å²) >= 11 is 1.47. The second-order valence-corrected chi connectivity index (χ2v) is 6.56. The molecular weight excluding hydrogens is 350 g/mol. The number of hydrogen-bond acceptors (Lipinski definition) is 5. The van der Waals surface area contributed by atoms with Crippen LogP contribution in [-0.4, -0.2) is 25.3 Å². The van der Waals surface area contributed by atoms with Crippen molar-refractivity contribution in [2.24, 2.45) is 0 Å². The summed E-state index contributed by atoms with van der Waals surface area (Å²) < 4.78 is 11.6. The van der Waals surface area contributed by atoms with Gasteiger partial charge >= 0.3 is 5.97 Å². The number of benzene rings is 2. The van der Waals surface area contributed by atoms with E-state index < -0.39 is 5.97 Å². The minimum atomic E-state index is -1.03. The maximum Gasteiger partial charge on any atom is 0.336 e. The Kier molecular flexibility index (Phi) is 4.92. The molecule has 3 aromatic rings. The van der Waals surface area contributed by atoms with Crippen molar-refractivity contribution >= 4 is 39.0 Å². The van der Waals surface area contributed by atoms with Crippen LogP contribution >= 0.6 is 11.3 Å². The molecule has 1 aromatic heterocycles. The lowest BCUT2D eigenvalue weighted by molar-refractivity contribution is -0.130. The molecular formula is C20H15NO4S. The van der Waals surface area contributed by atoms with Crippen molar-refractivity contribution in [3.8, 4) is 17.6 Å². The van der Waals surface area contributed by atoms with Crippen molar-refractivity contribution < 1.29 is 19.4 Å². The Hall–Kier alpha value is -3.30. The van der Waals surface area contributed by atoms with Crippen LogP contribution in [0, 0.1) is 11.3 Å². The van der Waals surface area contributed by atoms with E-state index in [9.17, 15) is 9.90 Å². The first-order valence-electron chi connectivity index (χ1n) is 7.67. The summed E-state index contributed by atoms with van der Waals surface area (Å²) in [5.41, 5.74) is 1.20. The highest BCUT2D eigenvalue weighted by Gasteiger charge is 2.13. The minimum Gasteiger partial charge on any atom is -0.493 e. The standard InChI is InChI=1S/C20H15NO4S/c1-24-17-8-14-7-15(26-19(14)10-18(17)25-2)9-16(20(22)23)13-5-3-12(11-21)4-6-13/h3-10H,1-2H3,(H,22,23). The summed E-state index contributed by atoms with van der Waals surface area (Å²) in [5, 5.41) is 19.4. The molecule has 5 nitrogen and oxygen atoms in total. The molecule has 0 aliphatic heterocycles. The summed E-state index contributed by atoms with van der Waals surface area (Å²) in [6.45, 7) is 0. The molecule has 2 aromatic carbocycles. The summed E-state index contributed by atoms with van der Waals surface area (Å²) in [4.78, 5) is 12.5. The number of aliphatic carboxylic acids is 1. The number of nitriles is 1. The van der Waals surface area contributed by atoms with Crippen LogP contribution in [0.2, 0.25) is 0 Å². The van der Waals surface area contributed by atoms with Gasteiger partial charge in [-0.15, -0.1) is 11.3 Å². The van der Waals surface area contributed by atoms with Crippen LogP contribution in [0.4, 0.5) is 0 Å². The number of thiophene rings is 1. The SMILES string of the molecule is COc1cc2cc(C=C(C(=O)O)c3ccc(C#N)cc3)sc2cc1OC. The van der Waals surface area contributed by atoms with E-state index in [1.807, 2.05) is 24.3 Å². The quantitative estimate of drug-likeness (QED) is 0.677. The minimum absolute atomic E-state index is 0.167. The smallest absolute Gasteiger partial charge is 0.336 e. The van der Waals surface area contributed by atoms with E-state index >= 15 is 0 Å². The maximum atomic E-state index is 11.7. The number of carbonyl (C=O) groups is 1. The van der Waals surface area contributed by atoms with Gasteiger partial charge in [0.2, 0.25) is 0 Å². The van der Waals surface area contributed by atoms with E-state index in [2.05, 4.69) is 0 Å². The molecule has 130 valence electrons. The van der Waals surface area contributed by atoms with Gasteiger partial charge in [0.25, 0.3) is 0 Å². The van der Waals surface area contributed by atoms with Crippen molar-refractivity contribution in [3.63, 3.8) is 0 Å². The molecule has 3 rings (SSSR count). The van der Waals surface area contributed by atoms with E-state index in [1.165, 1.54) is 11.3 Å². The first-order chi connectivity index (χ1) is 12.5. The average molecular weight is 365 g/mol. The molecule has 0 aliphatic rings. The van der Waals surface area contributed by atoms with Crippen LogP contribution in [0.15, 0.2) is 42.5 Å².